The highest BCUT2D eigenvalue weighted by molar-refractivity contribution is 6.24. The van der Waals surface area contributed by atoms with Crippen molar-refractivity contribution in [2.24, 2.45) is 0 Å². The molecular weight excluding hydrogens is 242 g/mol. The van der Waals surface area contributed by atoms with Crippen molar-refractivity contribution in [2.45, 2.75) is 18.2 Å². The molecule has 1 heterocycles. The zero-order valence-electron chi connectivity index (χ0n) is 9.10. The summed E-state index contributed by atoms with van der Waals surface area (Å²) in [4.78, 5) is 23.7. The smallest absolute Gasteiger partial charge is 0.307 e. The molecule has 90 valence electrons. The van der Waals surface area contributed by atoms with Gasteiger partial charge >= 0.3 is 5.97 Å². The van der Waals surface area contributed by atoms with E-state index in [2.05, 4.69) is 0 Å². The highest BCUT2D eigenvalue weighted by Gasteiger charge is 2.28. The number of halogens is 1. The molecule has 0 radical (unpaired) electrons. The molecule has 0 bridgehead atoms. The summed E-state index contributed by atoms with van der Waals surface area (Å²) in [5, 5.41) is 8.50. The summed E-state index contributed by atoms with van der Waals surface area (Å²) in [7, 11) is 0. The van der Waals surface area contributed by atoms with Crippen LogP contribution in [-0.4, -0.2) is 28.9 Å². The second kappa shape index (κ2) is 4.75. The number of aliphatic carboxylic acids is 1. The number of carbonyl (C=O) groups excluding carboxylic acids is 1. The summed E-state index contributed by atoms with van der Waals surface area (Å²) < 4.78 is 0. The topological polar surface area (TPSA) is 57.6 Å². The molecule has 1 aromatic rings. The number of carboxylic acid groups (broad SMARTS) is 1. The molecule has 0 saturated carbocycles. The molecule has 1 aromatic carbocycles. The molecule has 2 rings (SSSR count). The molecule has 1 aliphatic heterocycles. The van der Waals surface area contributed by atoms with Gasteiger partial charge in [0.2, 0.25) is 5.91 Å². The minimum absolute atomic E-state index is 0.00758. The van der Waals surface area contributed by atoms with E-state index in [4.69, 9.17) is 16.7 Å². The van der Waals surface area contributed by atoms with Crippen molar-refractivity contribution in [3.63, 3.8) is 0 Å². The highest BCUT2D eigenvalue weighted by atomic mass is 35.5. The molecule has 1 fully saturated rings. The number of anilines is 1. The standard InChI is InChI=1S/C12H12ClNO3/c13-9-6-11(15)14(7-9)10-3-1-8(2-4-10)5-12(16)17/h1-4,9H,5-7H2,(H,16,17). The minimum atomic E-state index is -0.865. The molecule has 1 saturated heterocycles. The van der Waals surface area contributed by atoms with E-state index in [0.29, 0.717) is 13.0 Å². The van der Waals surface area contributed by atoms with Crippen LogP contribution in [0.25, 0.3) is 0 Å². The molecule has 0 aliphatic carbocycles. The average molecular weight is 254 g/mol. The van der Waals surface area contributed by atoms with Gasteiger partial charge in [0.1, 0.15) is 0 Å². The lowest BCUT2D eigenvalue weighted by molar-refractivity contribution is -0.136. The molecule has 1 N–H and O–H groups in total. The minimum Gasteiger partial charge on any atom is -0.481 e. The quantitative estimate of drug-likeness (QED) is 0.834. The summed E-state index contributed by atoms with van der Waals surface area (Å²) in [5.74, 6) is -0.855. The SMILES string of the molecule is O=C(O)Cc1ccc(N2CC(Cl)CC2=O)cc1. The average Bonchev–Trinajstić information content (AvgIpc) is 2.58. The summed E-state index contributed by atoms with van der Waals surface area (Å²) >= 11 is 5.91. The fraction of sp³-hybridized carbons (Fsp3) is 0.333. The van der Waals surface area contributed by atoms with Crippen molar-refractivity contribution in [3.8, 4) is 0 Å². The van der Waals surface area contributed by atoms with Crippen molar-refractivity contribution >= 4 is 29.2 Å². The third-order valence-electron chi connectivity index (χ3n) is 2.68. The Kier molecular flexibility index (Phi) is 3.33. The van der Waals surface area contributed by atoms with Crippen LogP contribution in [0.3, 0.4) is 0 Å². The monoisotopic (exact) mass is 253 g/mol. The second-order valence-corrected chi connectivity index (χ2v) is 4.66. The van der Waals surface area contributed by atoms with Crippen LogP contribution in [0.1, 0.15) is 12.0 Å². The number of benzene rings is 1. The molecular formula is C12H12ClNO3. The van der Waals surface area contributed by atoms with E-state index in [-0.39, 0.29) is 17.7 Å². The highest BCUT2D eigenvalue weighted by Crippen LogP contribution is 2.24. The zero-order valence-corrected chi connectivity index (χ0v) is 9.85. The lowest BCUT2D eigenvalue weighted by Gasteiger charge is -2.15. The number of amides is 1. The number of rotatable bonds is 3. The molecule has 1 amide bonds. The van der Waals surface area contributed by atoms with Crippen molar-refractivity contribution in [1.29, 1.82) is 0 Å². The van der Waals surface area contributed by atoms with Gasteiger partial charge in [-0.05, 0) is 17.7 Å². The molecule has 1 aliphatic rings. The maximum absolute atomic E-state index is 11.6. The van der Waals surface area contributed by atoms with E-state index in [1.165, 1.54) is 0 Å². The zero-order chi connectivity index (χ0) is 12.4. The number of hydrogen-bond donors (Lipinski definition) is 1. The van der Waals surface area contributed by atoms with E-state index in [9.17, 15) is 9.59 Å². The Hall–Kier alpha value is -1.55. The van der Waals surface area contributed by atoms with E-state index >= 15 is 0 Å². The van der Waals surface area contributed by atoms with Gasteiger partial charge in [-0.15, -0.1) is 11.6 Å². The Balaban J connectivity index is 2.12. The summed E-state index contributed by atoms with van der Waals surface area (Å²) in [5.41, 5.74) is 1.49. The lowest BCUT2D eigenvalue weighted by atomic mass is 10.1. The fourth-order valence-corrected chi connectivity index (χ4v) is 2.15. The molecule has 1 unspecified atom stereocenters. The van der Waals surface area contributed by atoms with Crippen molar-refractivity contribution in [1.82, 2.24) is 0 Å². The molecule has 4 nitrogen and oxygen atoms in total. The van der Waals surface area contributed by atoms with Gasteiger partial charge in [-0.2, -0.15) is 0 Å². The van der Waals surface area contributed by atoms with Gasteiger partial charge < -0.3 is 10.0 Å². The van der Waals surface area contributed by atoms with E-state index in [1.54, 1.807) is 29.2 Å². The van der Waals surface area contributed by atoms with Gasteiger partial charge in [0.05, 0.1) is 11.8 Å². The van der Waals surface area contributed by atoms with Crippen LogP contribution in [0.15, 0.2) is 24.3 Å². The summed E-state index contributed by atoms with van der Waals surface area (Å²) in [6, 6.07) is 6.95. The summed E-state index contributed by atoms with van der Waals surface area (Å²) in [6.07, 6.45) is 0.352. The maximum Gasteiger partial charge on any atom is 0.307 e. The maximum atomic E-state index is 11.6. The summed E-state index contributed by atoms with van der Waals surface area (Å²) in [6.45, 7) is 0.513. The van der Waals surface area contributed by atoms with Crippen LogP contribution in [0, 0.1) is 0 Å². The van der Waals surface area contributed by atoms with E-state index in [0.717, 1.165) is 11.3 Å². The van der Waals surface area contributed by atoms with Gasteiger partial charge in [0.15, 0.2) is 0 Å². The predicted molar refractivity (Wildman–Crippen MR) is 64.4 cm³/mol. The van der Waals surface area contributed by atoms with E-state index in [1.807, 2.05) is 0 Å². The second-order valence-electron chi connectivity index (χ2n) is 4.04. The number of hydrogen-bond acceptors (Lipinski definition) is 2. The fourth-order valence-electron chi connectivity index (χ4n) is 1.88. The Labute approximate surface area is 104 Å². The molecule has 17 heavy (non-hydrogen) atoms. The molecule has 0 spiro atoms. The normalized spacial score (nSPS) is 19.7. The third-order valence-corrected chi connectivity index (χ3v) is 2.97. The van der Waals surface area contributed by atoms with Crippen molar-refractivity contribution in [2.75, 3.05) is 11.4 Å². The van der Waals surface area contributed by atoms with E-state index < -0.39 is 5.97 Å². The first-order valence-corrected chi connectivity index (χ1v) is 5.75. The van der Waals surface area contributed by atoms with Gasteiger partial charge in [0, 0.05) is 18.7 Å². The van der Waals surface area contributed by atoms with Crippen LogP contribution in [0.5, 0.6) is 0 Å². The van der Waals surface area contributed by atoms with Gasteiger partial charge in [-0.3, -0.25) is 9.59 Å². The lowest BCUT2D eigenvalue weighted by Crippen LogP contribution is -2.24. The third kappa shape index (κ3) is 2.77. The largest absolute Gasteiger partial charge is 0.481 e. The van der Waals surface area contributed by atoms with Crippen LogP contribution in [0.4, 0.5) is 5.69 Å². The van der Waals surface area contributed by atoms with Gasteiger partial charge in [-0.1, -0.05) is 12.1 Å². The number of carboxylic acids is 1. The first-order valence-electron chi connectivity index (χ1n) is 5.31. The van der Waals surface area contributed by atoms with Gasteiger partial charge in [0.25, 0.3) is 0 Å². The Morgan fingerprint density at radius 1 is 1.41 bits per heavy atom. The Morgan fingerprint density at radius 2 is 2.06 bits per heavy atom. The van der Waals surface area contributed by atoms with Crippen molar-refractivity contribution in [3.05, 3.63) is 29.8 Å². The molecule has 0 aromatic heterocycles. The van der Waals surface area contributed by atoms with Crippen LogP contribution < -0.4 is 4.90 Å². The van der Waals surface area contributed by atoms with Crippen molar-refractivity contribution < 1.29 is 14.7 Å². The Bertz CT molecular complexity index is 444. The first kappa shape index (κ1) is 11.9. The predicted octanol–water partition coefficient (Wildman–Crippen LogP) is 1.66. The number of nitrogens with zero attached hydrogens (tertiary/aromatic N) is 1. The van der Waals surface area contributed by atoms with Crippen LogP contribution in [-0.2, 0) is 16.0 Å². The first-order chi connectivity index (χ1) is 8.06. The number of carbonyl (C=O) groups is 2. The van der Waals surface area contributed by atoms with Gasteiger partial charge in [-0.25, -0.2) is 0 Å². The molecule has 5 heteroatoms. The van der Waals surface area contributed by atoms with Crippen LogP contribution >= 0.6 is 11.6 Å². The Morgan fingerprint density at radius 3 is 2.53 bits per heavy atom. The number of alkyl halides is 1. The molecule has 1 atom stereocenters. The van der Waals surface area contributed by atoms with Crippen LogP contribution in [0.2, 0.25) is 0 Å².